The van der Waals surface area contributed by atoms with Crippen molar-refractivity contribution in [1.82, 2.24) is 5.32 Å². The average Bonchev–Trinajstić information content (AvgIpc) is 2.38. The lowest BCUT2D eigenvalue weighted by Crippen LogP contribution is -2.50. The number of fused-ring (bicyclic) bond motifs is 1. The van der Waals surface area contributed by atoms with Crippen LogP contribution in [-0.2, 0) is 0 Å². The molecule has 0 aliphatic carbocycles. The van der Waals surface area contributed by atoms with Gasteiger partial charge in [-0.1, -0.05) is 6.07 Å². The lowest BCUT2D eigenvalue weighted by atomic mass is 9.81. The van der Waals surface area contributed by atoms with Gasteiger partial charge in [-0.2, -0.15) is 0 Å². The number of ether oxygens (including phenoxy) is 2. The molecule has 2 aliphatic heterocycles. The molecule has 1 spiro atoms. The van der Waals surface area contributed by atoms with E-state index in [9.17, 15) is 0 Å². The van der Waals surface area contributed by atoms with Gasteiger partial charge in [-0.25, -0.2) is 0 Å². The van der Waals surface area contributed by atoms with E-state index < -0.39 is 0 Å². The molecule has 0 radical (unpaired) electrons. The van der Waals surface area contributed by atoms with Crippen LogP contribution in [0.15, 0.2) is 18.2 Å². The van der Waals surface area contributed by atoms with Gasteiger partial charge in [0.15, 0.2) is 0 Å². The lowest BCUT2D eigenvalue weighted by Gasteiger charge is -2.43. The van der Waals surface area contributed by atoms with Gasteiger partial charge in [0.05, 0.1) is 7.11 Å². The summed E-state index contributed by atoms with van der Waals surface area (Å²) in [7, 11) is 1.67. The Morgan fingerprint density at radius 2 is 2.17 bits per heavy atom. The first-order valence-electron chi connectivity index (χ1n) is 6.56. The van der Waals surface area contributed by atoms with Crippen molar-refractivity contribution in [1.29, 1.82) is 0 Å². The van der Waals surface area contributed by atoms with E-state index in [4.69, 9.17) is 15.2 Å². The summed E-state index contributed by atoms with van der Waals surface area (Å²) in [6.45, 7) is 2.01. The summed E-state index contributed by atoms with van der Waals surface area (Å²) in [4.78, 5) is 0. The highest BCUT2D eigenvalue weighted by molar-refractivity contribution is 5.44. The van der Waals surface area contributed by atoms with Gasteiger partial charge in [-0.05, 0) is 32.0 Å². The van der Waals surface area contributed by atoms with Crippen molar-refractivity contribution in [3.8, 4) is 11.5 Å². The zero-order valence-corrected chi connectivity index (χ0v) is 10.7. The number of piperidine rings is 1. The fourth-order valence-electron chi connectivity index (χ4n) is 3.01. The van der Waals surface area contributed by atoms with Crippen molar-refractivity contribution >= 4 is 0 Å². The third-order valence-corrected chi connectivity index (χ3v) is 4.05. The number of hydrogen-bond donors (Lipinski definition) is 2. The van der Waals surface area contributed by atoms with Gasteiger partial charge in [-0.3, -0.25) is 0 Å². The molecule has 2 heterocycles. The molecule has 4 nitrogen and oxygen atoms in total. The van der Waals surface area contributed by atoms with Crippen LogP contribution in [0.5, 0.6) is 11.5 Å². The van der Waals surface area contributed by atoms with Crippen molar-refractivity contribution < 1.29 is 9.47 Å². The Morgan fingerprint density at radius 3 is 2.89 bits per heavy atom. The van der Waals surface area contributed by atoms with Crippen LogP contribution in [-0.4, -0.2) is 25.8 Å². The van der Waals surface area contributed by atoms with E-state index >= 15 is 0 Å². The Labute approximate surface area is 107 Å². The highest BCUT2D eigenvalue weighted by atomic mass is 16.5. The standard InChI is InChI=1S/C14H20N2O2/c1-17-10-2-3-11-12(15)9-14(18-13(11)8-10)4-6-16-7-5-14/h2-3,8,12,16H,4-7,9,15H2,1H3. The highest BCUT2D eigenvalue weighted by Crippen LogP contribution is 2.43. The predicted octanol–water partition coefficient (Wildman–Crippen LogP) is 1.60. The number of nitrogens with two attached hydrogens (primary N) is 1. The van der Waals surface area contributed by atoms with Crippen LogP contribution in [0.2, 0.25) is 0 Å². The summed E-state index contributed by atoms with van der Waals surface area (Å²) in [5.41, 5.74) is 7.32. The molecule has 1 atom stereocenters. The minimum absolute atomic E-state index is 0.0674. The largest absolute Gasteiger partial charge is 0.497 e. The maximum Gasteiger partial charge on any atom is 0.128 e. The molecule has 18 heavy (non-hydrogen) atoms. The molecule has 3 N–H and O–H groups in total. The van der Waals surface area contributed by atoms with E-state index in [1.165, 1.54) is 0 Å². The minimum Gasteiger partial charge on any atom is -0.497 e. The van der Waals surface area contributed by atoms with Crippen molar-refractivity contribution in [3.63, 3.8) is 0 Å². The lowest BCUT2D eigenvalue weighted by molar-refractivity contribution is 0.00774. The quantitative estimate of drug-likeness (QED) is 0.792. The fraction of sp³-hybridized carbons (Fsp3) is 0.571. The summed E-state index contributed by atoms with van der Waals surface area (Å²) in [5.74, 6) is 1.72. The molecule has 1 saturated heterocycles. The van der Waals surface area contributed by atoms with E-state index in [0.717, 1.165) is 49.4 Å². The second-order valence-electron chi connectivity index (χ2n) is 5.25. The number of hydrogen-bond acceptors (Lipinski definition) is 4. The van der Waals surface area contributed by atoms with Crippen LogP contribution in [0.3, 0.4) is 0 Å². The maximum atomic E-state index is 6.30. The molecule has 1 fully saturated rings. The summed E-state index contributed by atoms with van der Waals surface area (Å²) in [5, 5.41) is 3.37. The summed E-state index contributed by atoms with van der Waals surface area (Å²) < 4.78 is 11.5. The fourth-order valence-corrected chi connectivity index (χ4v) is 3.01. The molecular formula is C14H20N2O2. The third kappa shape index (κ3) is 1.95. The van der Waals surface area contributed by atoms with Crippen LogP contribution in [0, 0.1) is 0 Å². The number of methoxy groups -OCH3 is 1. The normalized spacial score (nSPS) is 25.3. The van der Waals surface area contributed by atoms with Gasteiger partial charge >= 0.3 is 0 Å². The van der Waals surface area contributed by atoms with Crippen LogP contribution >= 0.6 is 0 Å². The maximum absolute atomic E-state index is 6.30. The van der Waals surface area contributed by atoms with Crippen molar-refractivity contribution in [2.45, 2.75) is 30.9 Å². The second kappa shape index (κ2) is 4.44. The van der Waals surface area contributed by atoms with Gasteiger partial charge in [0.1, 0.15) is 17.1 Å². The van der Waals surface area contributed by atoms with E-state index in [1.807, 2.05) is 18.2 Å². The molecule has 0 aromatic heterocycles. The third-order valence-electron chi connectivity index (χ3n) is 4.05. The first-order valence-corrected chi connectivity index (χ1v) is 6.56. The molecule has 3 rings (SSSR count). The first-order chi connectivity index (χ1) is 8.72. The van der Waals surface area contributed by atoms with Crippen LogP contribution < -0.4 is 20.5 Å². The van der Waals surface area contributed by atoms with Crippen LogP contribution in [0.4, 0.5) is 0 Å². The minimum atomic E-state index is -0.0793. The van der Waals surface area contributed by atoms with E-state index in [0.29, 0.717) is 0 Å². The van der Waals surface area contributed by atoms with Gasteiger partial charge < -0.3 is 20.5 Å². The van der Waals surface area contributed by atoms with Crippen molar-refractivity contribution in [2.24, 2.45) is 5.73 Å². The Bertz CT molecular complexity index is 441. The van der Waals surface area contributed by atoms with Gasteiger partial charge in [0.25, 0.3) is 0 Å². The molecule has 1 aromatic rings. The Balaban J connectivity index is 1.94. The highest BCUT2D eigenvalue weighted by Gasteiger charge is 2.40. The molecule has 0 bridgehead atoms. The molecule has 98 valence electrons. The molecule has 1 unspecified atom stereocenters. The van der Waals surface area contributed by atoms with Gasteiger partial charge in [0.2, 0.25) is 0 Å². The van der Waals surface area contributed by atoms with Crippen molar-refractivity contribution in [2.75, 3.05) is 20.2 Å². The van der Waals surface area contributed by atoms with Gasteiger partial charge in [-0.15, -0.1) is 0 Å². The molecule has 4 heteroatoms. The summed E-state index contributed by atoms with van der Waals surface area (Å²) >= 11 is 0. The Kier molecular flexibility index (Phi) is 2.92. The number of nitrogens with one attached hydrogen (secondary N) is 1. The average molecular weight is 248 g/mol. The molecule has 2 aliphatic rings. The van der Waals surface area contributed by atoms with E-state index in [1.54, 1.807) is 7.11 Å². The zero-order chi connectivity index (χ0) is 12.6. The summed E-state index contributed by atoms with van der Waals surface area (Å²) in [6, 6.07) is 5.99. The molecular weight excluding hydrogens is 228 g/mol. The monoisotopic (exact) mass is 248 g/mol. The molecule has 0 amide bonds. The van der Waals surface area contributed by atoms with E-state index in [2.05, 4.69) is 5.32 Å². The van der Waals surface area contributed by atoms with E-state index in [-0.39, 0.29) is 11.6 Å². The Morgan fingerprint density at radius 1 is 1.39 bits per heavy atom. The molecule has 0 saturated carbocycles. The summed E-state index contributed by atoms with van der Waals surface area (Å²) in [6.07, 6.45) is 2.96. The van der Waals surface area contributed by atoms with Crippen molar-refractivity contribution in [3.05, 3.63) is 23.8 Å². The SMILES string of the molecule is COc1ccc2c(c1)OC1(CCNCC1)CC2N. The number of rotatable bonds is 1. The van der Waals surface area contributed by atoms with Crippen LogP contribution in [0.1, 0.15) is 30.9 Å². The topological polar surface area (TPSA) is 56.5 Å². The van der Waals surface area contributed by atoms with Crippen LogP contribution in [0.25, 0.3) is 0 Å². The van der Waals surface area contributed by atoms with Gasteiger partial charge in [0, 0.05) is 24.1 Å². The second-order valence-corrected chi connectivity index (χ2v) is 5.25. The Hall–Kier alpha value is -1.26. The number of benzene rings is 1. The zero-order valence-electron chi connectivity index (χ0n) is 10.7. The first kappa shape index (κ1) is 11.8. The molecule has 1 aromatic carbocycles. The smallest absolute Gasteiger partial charge is 0.128 e. The predicted molar refractivity (Wildman–Crippen MR) is 70.0 cm³/mol.